The van der Waals surface area contributed by atoms with Crippen LogP contribution in [0.4, 0.5) is 10.5 Å². The third-order valence-electron chi connectivity index (χ3n) is 6.87. The van der Waals surface area contributed by atoms with E-state index < -0.39 is 41.6 Å². The Bertz CT molecular complexity index is 1140. The van der Waals surface area contributed by atoms with E-state index in [-0.39, 0.29) is 24.4 Å². The number of para-hydroxylation sites is 1. The van der Waals surface area contributed by atoms with Gasteiger partial charge < -0.3 is 19.9 Å². The summed E-state index contributed by atoms with van der Waals surface area (Å²) in [5.41, 5.74) is 2.89. The highest BCUT2D eigenvalue weighted by Gasteiger charge is 2.47. The van der Waals surface area contributed by atoms with Gasteiger partial charge >= 0.3 is 6.09 Å². The van der Waals surface area contributed by atoms with Crippen LogP contribution in [0.15, 0.2) is 24.3 Å². The van der Waals surface area contributed by atoms with E-state index >= 15 is 0 Å². The lowest BCUT2D eigenvalue weighted by molar-refractivity contribution is -0.135. The number of carbonyl (C=O) groups is 4. The van der Waals surface area contributed by atoms with Crippen molar-refractivity contribution in [3.8, 4) is 6.07 Å². The molecule has 5 atom stereocenters. The minimum absolute atomic E-state index is 0.125. The first kappa shape index (κ1) is 26.4. The standard InChI is InChI=1S/C26H34N6O5/c1-15-10-17(12-27)30(13-15)23(34)19(28-25(36)37-26(3,4)5)14-31-21-11-16(2)32(24(21)35)20-9-7-6-8-18(20)22(33)29-31/h6-9,15-17,19,21H,10-11,13-14H2,1-5H3,(H,28,36)(H,29,33)/t15?,16-,17?,19?,21?/m1/s1. The number of alkyl carbamates (subject to hydrolysis) is 1. The fourth-order valence-corrected chi connectivity index (χ4v) is 5.29. The Labute approximate surface area is 216 Å². The Morgan fingerprint density at radius 2 is 1.92 bits per heavy atom. The van der Waals surface area contributed by atoms with Crippen molar-refractivity contribution < 1.29 is 23.9 Å². The highest BCUT2D eigenvalue weighted by molar-refractivity contribution is 6.08. The van der Waals surface area contributed by atoms with E-state index in [9.17, 15) is 24.4 Å². The average Bonchev–Trinajstić information content (AvgIpc) is 3.34. The third-order valence-corrected chi connectivity index (χ3v) is 6.87. The molecule has 4 amide bonds. The highest BCUT2D eigenvalue weighted by Crippen LogP contribution is 2.33. The Hall–Kier alpha value is -3.65. The van der Waals surface area contributed by atoms with Crippen LogP contribution < -0.4 is 15.6 Å². The molecule has 37 heavy (non-hydrogen) atoms. The van der Waals surface area contributed by atoms with Crippen LogP contribution in [0.2, 0.25) is 0 Å². The van der Waals surface area contributed by atoms with E-state index in [1.807, 2.05) is 13.8 Å². The van der Waals surface area contributed by atoms with Crippen molar-refractivity contribution in [2.75, 3.05) is 18.0 Å². The van der Waals surface area contributed by atoms with E-state index in [1.165, 1.54) is 9.91 Å². The summed E-state index contributed by atoms with van der Waals surface area (Å²) in [7, 11) is 0. The Kier molecular flexibility index (Phi) is 7.15. The van der Waals surface area contributed by atoms with Crippen molar-refractivity contribution in [3.63, 3.8) is 0 Å². The number of rotatable bonds is 4. The van der Waals surface area contributed by atoms with E-state index in [0.717, 1.165) is 0 Å². The van der Waals surface area contributed by atoms with Gasteiger partial charge in [0.1, 0.15) is 23.7 Å². The molecule has 2 fully saturated rings. The van der Waals surface area contributed by atoms with Gasteiger partial charge in [-0.3, -0.25) is 19.8 Å². The second-order valence-corrected chi connectivity index (χ2v) is 11.1. The van der Waals surface area contributed by atoms with Crippen LogP contribution in [0.5, 0.6) is 0 Å². The van der Waals surface area contributed by atoms with Gasteiger partial charge in [-0.2, -0.15) is 5.26 Å². The van der Waals surface area contributed by atoms with Gasteiger partial charge in [-0.15, -0.1) is 0 Å². The van der Waals surface area contributed by atoms with Crippen LogP contribution in [0.1, 0.15) is 57.8 Å². The average molecular weight is 511 g/mol. The van der Waals surface area contributed by atoms with Gasteiger partial charge in [-0.1, -0.05) is 19.1 Å². The SMILES string of the molecule is CC1CC(C#N)N(C(=O)C(CN2NC(=O)c3ccccc3N3C(=O)C2C[C@H]3C)NC(=O)OC(C)(C)C)C1. The van der Waals surface area contributed by atoms with Gasteiger partial charge in [0, 0.05) is 19.1 Å². The molecule has 11 heteroatoms. The van der Waals surface area contributed by atoms with Gasteiger partial charge in [0.15, 0.2) is 0 Å². The molecular weight excluding hydrogens is 476 g/mol. The fourth-order valence-electron chi connectivity index (χ4n) is 5.29. The van der Waals surface area contributed by atoms with E-state index in [4.69, 9.17) is 4.74 Å². The van der Waals surface area contributed by atoms with E-state index in [1.54, 1.807) is 49.9 Å². The van der Waals surface area contributed by atoms with Crippen LogP contribution in [0, 0.1) is 17.2 Å². The first-order valence-electron chi connectivity index (χ1n) is 12.6. The number of likely N-dealkylation sites (tertiary alicyclic amines) is 1. The predicted octanol–water partition coefficient (Wildman–Crippen LogP) is 1.79. The molecule has 0 spiro atoms. The van der Waals surface area contributed by atoms with Crippen molar-refractivity contribution in [2.24, 2.45) is 5.92 Å². The number of nitriles is 1. The molecule has 198 valence electrons. The topological polar surface area (TPSA) is 135 Å². The van der Waals surface area contributed by atoms with Crippen molar-refractivity contribution >= 4 is 29.5 Å². The van der Waals surface area contributed by atoms with Crippen LogP contribution in [-0.2, 0) is 14.3 Å². The van der Waals surface area contributed by atoms with Crippen LogP contribution in [0.3, 0.4) is 0 Å². The van der Waals surface area contributed by atoms with Crippen molar-refractivity contribution in [3.05, 3.63) is 29.8 Å². The second-order valence-electron chi connectivity index (χ2n) is 11.1. The molecule has 1 aromatic rings. The molecular formula is C26H34N6O5. The number of nitrogens with zero attached hydrogens (tertiary/aromatic N) is 4. The fraction of sp³-hybridized carbons (Fsp3) is 0.577. The minimum atomic E-state index is -1.16. The maximum absolute atomic E-state index is 13.7. The molecule has 0 aromatic heterocycles. The molecule has 2 saturated heterocycles. The molecule has 3 aliphatic rings. The number of hydrazine groups is 1. The molecule has 4 unspecified atom stereocenters. The molecule has 11 nitrogen and oxygen atoms in total. The first-order chi connectivity index (χ1) is 17.4. The normalized spacial score (nSPS) is 26.5. The summed E-state index contributed by atoms with van der Waals surface area (Å²) in [5.74, 6) is -0.957. The molecule has 0 radical (unpaired) electrons. The number of amides is 4. The summed E-state index contributed by atoms with van der Waals surface area (Å²) >= 11 is 0. The molecule has 3 aliphatic heterocycles. The maximum atomic E-state index is 13.7. The predicted molar refractivity (Wildman–Crippen MR) is 134 cm³/mol. The molecule has 2 bridgehead atoms. The zero-order chi connectivity index (χ0) is 27.1. The largest absolute Gasteiger partial charge is 0.444 e. The van der Waals surface area contributed by atoms with E-state index in [2.05, 4.69) is 16.8 Å². The van der Waals surface area contributed by atoms with Gasteiger partial charge in [-0.05, 0) is 58.6 Å². The number of ether oxygens (including phenoxy) is 1. The molecule has 1 aromatic carbocycles. The Morgan fingerprint density at radius 1 is 1.22 bits per heavy atom. The molecule has 0 saturated carbocycles. The monoisotopic (exact) mass is 510 g/mol. The lowest BCUT2D eigenvalue weighted by Crippen LogP contribution is -2.61. The number of benzene rings is 1. The lowest BCUT2D eigenvalue weighted by atomic mass is 10.1. The van der Waals surface area contributed by atoms with Crippen LogP contribution in [0.25, 0.3) is 0 Å². The third kappa shape index (κ3) is 5.39. The zero-order valence-corrected chi connectivity index (χ0v) is 21.9. The molecule has 3 heterocycles. The van der Waals surface area contributed by atoms with E-state index in [0.29, 0.717) is 30.6 Å². The van der Waals surface area contributed by atoms with Crippen molar-refractivity contribution in [1.29, 1.82) is 5.26 Å². The summed E-state index contributed by atoms with van der Waals surface area (Å²) in [4.78, 5) is 56.2. The number of hydrogen-bond acceptors (Lipinski definition) is 7. The summed E-state index contributed by atoms with van der Waals surface area (Å²) in [5, 5.41) is 13.7. The smallest absolute Gasteiger partial charge is 0.408 e. The number of fused-ring (bicyclic) bond motifs is 4. The Morgan fingerprint density at radius 3 is 2.59 bits per heavy atom. The van der Waals surface area contributed by atoms with Gasteiger partial charge in [0.2, 0.25) is 11.8 Å². The summed E-state index contributed by atoms with van der Waals surface area (Å²) < 4.78 is 5.39. The van der Waals surface area contributed by atoms with Crippen molar-refractivity contribution in [2.45, 2.75) is 77.2 Å². The zero-order valence-electron chi connectivity index (χ0n) is 21.9. The maximum Gasteiger partial charge on any atom is 0.408 e. The quantitative estimate of drug-likeness (QED) is 0.631. The number of hydrogen-bond donors (Lipinski definition) is 2. The number of nitrogens with one attached hydrogen (secondary N) is 2. The van der Waals surface area contributed by atoms with Gasteiger partial charge in [-0.25, -0.2) is 9.80 Å². The summed E-state index contributed by atoms with van der Waals surface area (Å²) in [6.07, 6.45) is 0.150. The van der Waals surface area contributed by atoms with Gasteiger partial charge in [0.05, 0.1) is 17.3 Å². The van der Waals surface area contributed by atoms with Crippen molar-refractivity contribution in [1.82, 2.24) is 20.7 Å². The number of carbonyl (C=O) groups excluding carboxylic acids is 4. The second kappa shape index (κ2) is 10.0. The molecule has 2 N–H and O–H groups in total. The minimum Gasteiger partial charge on any atom is -0.444 e. The Balaban J connectivity index is 1.65. The highest BCUT2D eigenvalue weighted by atomic mass is 16.6. The van der Waals surface area contributed by atoms with Gasteiger partial charge in [0.25, 0.3) is 5.91 Å². The van der Waals surface area contributed by atoms with Crippen LogP contribution in [-0.4, -0.2) is 76.6 Å². The lowest BCUT2D eigenvalue weighted by Gasteiger charge is -2.35. The molecule has 4 rings (SSSR count). The molecule has 0 aliphatic carbocycles. The number of anilines is 1. The summed E-state index contributed by atoms with van der Waals surface area (Å²) in [6.45, 7) is 9.19. The first-order valence-corrected chi connectivity index (χ1v) is 12.6. The summed E-state index contributed by atoms with van der Waals surface area (Å²) in [6, 6.07) is 6.37. The van der Waals surface area contributed by atoms with Crippen LogP contribution >= 0.6 is 0 Å².